The summed E-state index contributed by atoms with van der Waals surface area (Å²) in [6, 6.07) is 7.58. The standard InChI is InChI=1S/C17H15F2NO5/c1-23-13-4-3-5-14(24-2)16(13)17(22)25-9-15(21)20-10-6-7-11(18)12(19)8-10/h3-8H,9H2,1-2H3,(H,20,21). The molecule has 25 heavy (non-hydrogen) atoms. The fourth-order valence-corrected chi connectivity index (χ4v) is 2.03. The van der Waals surface area contributed by atoms with E-state index in [0.29, 0.717) is 0 Å². The van der Waals surface area contributed by atoms with Gasteiger partial charge < -0.3 is 19.5 Å². The molecule has 8 heteroatoms. The van der Waals surface area contributed by atoms with Crippen molar-refractivity contribution in [2.24, 2.45) is 0 Å². The minimum Gasteiger partial charge on any atom is -0.496 e. The second kappa shape index (κ2) is 8.09. The smallest absolute Gasteiger partial charge is 0.346 e. The zero-order chi connectivity index (χ0) is 18.4. The van der Waals surface area contributed by atoms with Crippen LogP contribution in [0.5, 0.6) is 11.5 Å². The number of rotatable bonds is 6. The van der Waals surface area contributed by atoms with Crippen LogP contribution < -0.4 is 14.8 Å². The molecule has 2 aromatic carbocycles. The topological polar surface area (TPSA) is 73.9 Å². The Morgan fingerprint density at radius 1 is 1.00 bits per heavy atom. The number of hydrogen-bond acceptors (Lipinski definition) is 5. The van der Waals surface area contributed by atoms with Gasteiger partial charge in [-0.25, -0.2) is 13.6 Å². The molecule has 132 valence electrons. The Hall–Kier alpha value is -3.16. The quantitative estimate of drug-likeness (QED) is 0.810. The van der Waals surface area contributed by atoms with E-state index in [1.165, 1.54) is 20.3 Å². The van der Waals surface area contributed by atoms with E-state index in [1.54, 1.807) is 18.2 Å². The van der Waals surface area contributed by atoms with Gasteiger partial charge in [0.05, 0.1) is 14.2 Å². The van der Waals surface area contributed by atoms with Crippen LogP contribution in [-0.4, -0.2) is 32.7 Å². The number of ether oxygens (including phenoxy) is 3. The molecule has 0 heterocycles. The molecule has 1 N–H and O–H groups in total. The fraction of sp³-hybridized carbons (Fsp3) is 0.176. The summed E-state index contributed by atoms with van der Waals surface area (Å²) in [6.45, 7) is -0.626. The summed E-state index contributed by atoms with van der Waals surface area (Å²) >= 11 is 0. The molecule has 0 aliphatic rings. The van der Waals surface area contributed by atoms with Crippen molar-refractivity contribution in [3.05, 3.63) is 53.6 Å². The summed E-state index contributed by atoms with van der Waals surface area (Å²) in [5, 5.41) is 2.29. The van der Waals surface area contributed by atoms with Crippen molar-refractivity contribution in [2.75, 3.05) is 26.1 Å². The van der Waals surface area contributed by atoms with Crippen molar-refractivity contribution < 1.29 is 32.6 Å². The second-order valence-corrected chi connectivity index (χ2v) is 4.79. The number of carbonyl (C=O) groups is 2. The second-order valence-electron chi connectivity index (χ2n) is 4.79. The molecule has 0 bridgehead atoms. The lowest BCUT2D eigenvalue weighted by atomic mass is 10.2. The van der Waals surface area contributed by atoms with Crippen LogP contribution in [0.2, 0.25) is 0 Å². The third-order valence-electron chi connectivity index (χ3n) is 3.17. The molecule has 0 saturated heterocycles. The van der Waals surface area contributed by atoms with Crippen molar-refractivity contribution in [2.45, 2.75) is 0 Å². The monoisotopic (exact) mass is 351 g/mol. The number of hydrogen-bond donors (Lipinski definition) is 1. The van der Waals surface area contributed by atoms with Gasteiger partial charge >= 0.3 is 5.97 Å². The summed E-state index contributed by atoms with van der Waals surface area (Å²) < 4.78 is 41.0. The summed E-state index contributed by atoms with van der Waals surface area (Å²) in [5.74, 6) is -3.22. The molecule has 0 unspecified atom stereocenters. The van der Waals surface area contributed by atoms with Crippen LogP contribution in [-0.2, 0) is 9.53 Å². The Labute approximate surface area is 142 Å². The lowest BCUT2D eigenvalue weighted by Crippen LogP contribution is -2.21. The number of esters is 1. The van der Waals surface area contributed by atoms with E-state index in [4.69, 9.17) is 14.2 Å². The van der Waals surface area contributed by atoms with Crippen molar-refractivity contribution in [1.82, 2.24) is 0 Å². The average Bonchev–Trinajstić information content (AvgIpc) is 2.62. The highest BCUT2D eigenvalue weighted by Gasteiger charge is 2.20. The Balaban J connectivity index is 2.02. The molecular weight excluding hydrogens is 336 g/mol. The minimum absolute atomic E-state index is 0.0353. The number of benzene rings is 2. The van der Waals surface area contributed by atoms with Gasteiger partial charge in [0, 0.05) is 11.8 Å². The third kappa shape index (κ3) is 4.43. The zero-order valence-electron chi connectivity index (χ0n) is 13.5. The Bertz CT molecular complexity index is 772. The van der Waals surface area contributed by atoms with Crippen LogP contribution in [0.3, 0.4) is 0 Å². The van der Waals surface area contributed by atoms with Crippen LogP contribution in [0.15, 0.2) is 36.4 Å². The van der Waals surface area contributed by atoms with Gasteiger partial charge in [0.2, 0.25) is 0 Å². The molecule has 1 amide bonds. The van der Waals surface area contributed by atoms with E-state index in [0.717, 1.165) is 12.1 Å². The summed E-state index contributed by atoms with van der Waals surface area (Å²) in [7, 11) is 2.75. The highest BCUT2D eigenvalue weighted by atomic mass is 19.2. The number of anilines is 1. The molecule has 0 fully saturated rings. The lowest BCUT2D eigenvalue weighted by molar-refractivity contribution is -0.119. The molecule has 0 radical (unpaired) electrons. The van der Waals surface area contributed by atoms with E-state index >= 15 is 0 Å². The summed E-state index contributed by atoms with van der Waals surface area (Å²) in [4.78, 5) is 24.0. The highest BCUT2D eigenvalue weighted by molar-refractivity contribution is 5.98. The Morgan fingerprint density at radius 3 is 2.20 bits per heavy atom. The molecule has 0 aliphatic carbocycles. The maximum atomic E-state index is 13.1. The fourth-order valence-electron chi connectivity index (χ4n) is 2.03. The Morgan fingerprint density at radius 2 is 1.64 bits per heavy atom. The maximum absolute atomic E-state index is 13.1. The van der Waals surface area contributed by atoms with Gasteiger partial charge in [-0.2, -0.15) is 0 Å². The van der Waals surface area contributed by atoms with Crippen LogP contribution >= 0.6 is 0 Å². The van der Waals surface area contributed by atoms with Gasteiger partial charge in [-0.3, -0.25) is 4.79 Å². The molecule has 0 atom stereocenters. The van der Waals surface area contributed by atoms with E-state index in [2.05, 4.69) is 5.32 Å². The average molecular weight is 351 g/mol. The van der Waals surface area contributed by atoms with Crippen LogP contribution in [0.25, 0.3) is 0 Å². The lowest BCUT2D eigenvalue weighted by Gasteiger charge is -2.12. The molecular formula is C17H15F2NO5. The molecule has 0 saturated carbocycles. The van der Waals surface area contributed by atoms with Crippen LogP contribution in [0.1, 0.15) is 10.4 Å². The van der Waals surface area contributed by atoms with E-state index in [9.17, 15) is 18.4 Å². The van der Waals surface area contributed by atoms with Gasteiger partial charge in [0.25, 0.3) is 5.91 Å². The van der Waals surface area contributed by atoms with Gasteiger partial charge in [-0.1, -0.05) is 6.07 Å². The van der Waals surface area contributed by atoms with Crippen LogP contribution in [0.4, 0.5) is 14.5 Å². The zero-order valence-corrected chi connectivity index (χ0v) is 13.5. The van der Waals surface area contributed by atoms with Gasteiger partial charge in [-0.05, 0) is 24.3 Å². The molecule has 0 spiro atoms. The molecule has 2 aromatic rings. The van der Waals surface area contributed by atoms with Crippen molar-refractivity contribution in [3.63, 3.8) is 0 Å². The molecule has 2 rings (SSSR count). The number of carbonyl (C=O) groups excluding carboxylic acids is 2. The van der Waals surface area contributed by atoms with Gasteiger partial charge in [0.1, 0.15) is 17.1 Å². The first-order chi connectivity index (χ1) is 12.0. The molecule has 0 aliphatic heterocycles. The normalized spacial score (nSPS) is 10.1. The predicted octanol–water partition coefficient (Wildman–Crippen LogP) is 2.78. The Kier molecular flexibility index (Phi) is 5.89. The van der Waals surface area contributed by atoms with Gasteiger partial charge in [-0.15, -0.1) is 0 Å². The first-order valence-corrected chi connectivity index (χ1v) is 7.09. The first-order valence-electron chi connectivity index (χ1n) is 7.09. The van der Waals surface area contributed by atoms with Crippen LogP contribution in [0, 0.1) is 11.6 Å². The van der Waals surface area contributed by atoms with E-state index in [-0.39, 0.29) is 22.7 Å². The molecule has 0 aromatic heterocycles. The minimum atomic E-state index is -1.10. The summed E-state index contributed by atoms with van der Waals surface area (Å²) in [5.41, 5.74) is 0.0722. The maximum Gasteiger partial charge on any atom is 0.346 e. The largest absolute Gasteiger partial charge is 0.496 e. The number of halogens is 2. The van der Waals surface area contributed by atoms with Gasteiger partial charge in [0.15, 0.2) is 18.2 Å². The number of methoxy groups -OCH3 is 2. The predicted molar refractivity (Wildman–Crippen MR) is 84.8 cm³/mol. The first kappa shape index (κ1) is 18.2. The molecule has 6 nitrogen and oxygen atoms in total. The van der Waals surface area contributed by atoms with Crippen molar-refractivity contribution in [1.29, 1.82) is 0 Å². The van der Waals surface area contributed by atoms with Crippen molar-refractivity contribution >= 4 is 17.6 Å². The van der Waals surface area contributed by atoms with E-state index < -0.39 is 30.1 Å². The summed E-state index contributed by atoms with van der Waals surface area (Å²) in [6.07, 6.45) is 0. The highest BCUT2D eigenvalue weighted by Crippen LogP contribution is 2.28. The third-order valence-corrected chi connectivity index (χ3v) is 3.17. The number of nitrogens with one attached hydrogen (secondary N) is 1. The van der Waals surface area contributed by atoms with E-state index in [1.807, 2.05) is 0 Å². The number of amides is 1. The van der Waals surface area contributed by atoms with Crippen molar-refractivity contribution in [3.8, 4) is 11.5 Å². The SMILES string of the molecule is COc1cccc(OC)c1C(=O)OCC(=O)Nc1ccc(F)c(F)c1.